The third kappa shape index (κ3) is 6.99. The number of rotatable bonds is 8. The van der Waals surface area contributed by atoms with Crippen molar-refractivity contribution in [2.24, 2.45) is 0 Å². The maximum atomic E-state index is 12.9. The zero-order chi connectivity index (χ0) is 22.4. The summed E-state index contributed by atoms with van der Waals surface area (Å²) in [5.41, 5.74) is 1.94. The third-order valence-electron chi connectivity index (χ3n) is 5.24. The second-order valence-corrected chi connectivity index (χ2v) is 8.35. The molecule has 1 atom stereocenters. The summed E-state index contributed by atoms with van der Waals surface area (Å²) in [6, 6.07) is 14.9. The highest BCUT2D eigenvalue weighted by Gasteiger charge is 2.41. The summed E-state index contributed by atoms with van der Waals surface area (Å²) in [6.45, 7) is 1.13. The van der Waals surface area contributed by atoms with Crippen LogP contribution in [-0.2, 0) is 17.6 Å². The Hall–Kier alpha value is -2.02. The molecule has 0 aliphatic carbocycles. The van der Waals surface area contributed by atoms with Crippen molar-refractivity contribution in [1.29, 1.82) is 0 Å². The number of carbonyl (C=O) groups excluding carboxylic acids is 1. The van der Waals surface area contributed by atoms with Gasteiger partial charge in [-0.1, -0.05) is 47.5 Å². The fourth-order valence-corrected chi connectivity index (χ4v) is 3.80. The zero-order valence-corrected chi connectivity index (χ0v) is 18.3. The molecule has 0 spiro atoms. The normalized spacial score (nSPS) is 16.9. The Kier molecular flexibility index (Phi) is 8.03. The SMILES string of the molecule is O=C(C1=CN(CCc2ccc(Cl)cc2)C(NCCc2ccc(Cl)cc2)CC1)C(F)(F)F. The van der Waals surface area contributed by atoms with Gasteiger partial charge in [-0.3, -0.25) is 10.1 Å². The molecule has 31 heavy (non-hydrogen) atoms. The highest BCUT2D eigenvalue weighted by molar-refractivity contribution is 6.30. The summed E-state index contributed by atoms with van der Waals surface area (Å²) in [5, 5.41) is 4.71. The second kappa shape index (κ2) is 10.5. The third-order valence-corrected chi connectivity index (χ3v) is 5.74. The quantitative estimate of drug-likeness (QED) is 0.528. The second-order valence-electron chi connectivity index (χ2n) is 7.48. The largest absolute Gasteiger partial charge is 0.454 e. The average molecular weight is 471 g/mol. The molecule has 3 rings (SSSR count). The van der Waals surface area contributed by atoms with Crippen LogP contribution in [0.3, 0.4) is 0 Å². The van der Waals surface area contributed by atoms with Gasteiger partial charge in [0, 0.05) is 34.9 Å². The Labute approximate surface area is 189 Å². The first-order valence-electron chi connectivity index (χ1n) is 10.0. The molecule has 0 bridgehead atoms. The van der Waals surface area contributed by atoms with Crippen molar-refractivity contribution in [2.45, 2.75) is 38.0 Å². The molecular formula is C23H23Cl2F3N2O. The molecule has 0 radical (unpaired) electrons. The molecule has 1 heterocycles. The van der Waals surface area contributed by atoms with Crippen molar-refractivity contribution < 1.29 is 18.0 Å². The maximum absolute atomic E-state index is 12.9. The molecule has 2 aromatic rings. The van der Waals surface area contributed by atoms with Crippen molar-refractivity contribution in [3.8, 4) is 0 Å². The van der Waals surface area contributed by atoms with Crippen LogP contribution < -0.4 is 5.32 Å². The van der Waals surface area contributed by atoms with Gasteiger partial charge in [0.25, 0.3) is 5.78 Å². The van der Waals surface area contributed by atoms with E-state index in [4.69, 9.17) is 23.2 Å². The minimum absolute atomic E-state index is 0.0917. The molecule has 1 aliphatic rings. The van der Waals surface area contributed by atoms with Crippen LogP contribution in [0.25, 0.3) is 0 Å². The first kappa shape index (κ1) is 23.6. The summed E-state index contributed by atoms with van der Waals surface area (Å²) in [4.78, 5) is 13.5. The Morgan fingerprint density at radius 3 is 2.06 bits per heavy atom. The van der Waals surface area contributed by atoms with Gasteiger partial charge in [-0.15, -0.1) is 0 Å². The van der Waals surface area contributed by atoms with E-state index < -0.39 is 12.0 Å². The van der Waals surface area contributed by atoms with E-state index in [0.29, 0.717) is 36.0 Å². The van der Waals surface area contributed by atoms with Gasteiger partial charge in [-0.25, -0.2) is 0 Å². The van der Waals surface area contributed by atoms with E-state index in [2.05, 4.69) is 5.32 Å². The fraction of sp³-hybridized carbons (Fsp3) is 0.348. The van der Waals surface area contributed by atoms with Crippen LogP contribution in [0.5, 0.6) is 0 Å². The van der Waals surface area contributed by atoms with E-state index >= 15 is 0 Å². The highest BCUT2D eigenvalue weighted by Crippen LogP contribution is 2.28. The molecule has 0 amide bonds. The Bertz CT molecular complexity index is 912. The van der Waals surface area contributed by atoms with Crippen LogP contribution >= 0.6 is 23.2 Å². The monoisotopic (exact) mass is 470 g/mol. The van der Waals surface area contributed by atoms with Crippen LogP contribution in [0.15, 0.2) is 60.3 Å². The standard InChI is InChI=1S/C23H23Cl2F3N2O/c24-19-6-1-16(2-7-19)11-13-29-21-10-5-18(22(31)23(26,27)28)15-30(21)14-12-17-3-8-20(25)9-4-17/h1-4,6-9,15,21,29H,5,10-14H2. The van der Waals surface area contributed by atoms with Crippen molar-refractivity contribution in [3.05, 3.63) is 81.5 Å². The number of Topliss-reactive ketones (excluding diaryl/α,β-unsaturated/α-hetero) is 1. The maximum Gasteiger partial charge on any atom is 0.454 e. The van der Waals surface area contributed by atoms with Crippen LogP contribution in [0.4, 0.5) is 13.2 Å². The number of hydrogen-bond acceptors (Lipinski definition) is 3. The molecule has 2 aromatic carbocycles. The van der Waals surface area contributed by atoms with E-state index in [-0.39, 0.29) is 18.2 Å². The number of nitrogens with zero attached hydrogens (tertiary/aromatic N) is 1. The number of halogens is 5. The fourth-order valence-electron chi connectivity index (χ4n) is 3.55. The number of benzene rings is 2. The highest BCUT2D eigenvalue weighted by atomic mass is 35.5. The van der Waals surface area contributed by atoms with Gasteiger partial charge in [-0.2, -0.15) is 13.2 Å². The van der Waals surface area contributed by atoms with Gasteiger partial charge in [0.1, 0.15) is 0 Å². The predicted octanol–water partition coefficient (Wildman–Crippen LogP) is 5.81. The number of nitrogens with one attached hydrogen (secondary N) is 1. The van der Waals surface area contributed by atoms with Gasteiger partial charge in [0.05, 0.1) is 6.17 Å². The lowest BCUT2D eigenvalue weighted by Crippen LogP contribution is -2.47. The Morgan fingerprint density at radius 2 is 1.52 bits per heavy atom. The molecule has 0 saturated carbocycles. The van der Waals surface area contributed by atoms with Gasteiger partial charge < -0.3 is 4.90 Å². The summed E-state index contributed by atoms with van der Waals surface area (Å²) >= 11 is 11.8. The van der Waals surface area contributed by atoms with Gasteiger partial charge >= 0.3 is 6.18 Å². The summed E-state index contributed by atoms with van der Waals surface area (Å²) in [6.07, 6.45) is -1.74. The van der Waals surface area contributed by atoms with E-state index in [0.717, 1.165) is 17.5 Å². The molecule has 0 saturated heterocycles. The van der Waals surface area contributed by atoms with Gasteiger partial charge in [0.2, 0.25) is 0 Å². The Morgan fingerprint density at radius 1 is 0.968 bits per heavy atom. The zero-order valence-electron chi connectivity index (χ0n) is 16.8. The van der Waals surface area contributed by atoms with Gasteiger partial charge in [0.15, 0.2) is 0 Å². The topological polar surface area (TPSA) is 32.3 Å². The smallest absolute Gasteiger partial charge is 0.361 e. The first-order chi connectivity index (χ1) is 14.7. The number of allylic oxidation sites excluding steroid dienone is 1. The number of carbonyl (C=O) groups is 1. The molecular weight excluding hydrogens is 448 g/mol. The predicted molar refractivity (Wildman–Crippen MR) is 117 cm³/mol. The molecule has 1 N–H and O–H groups in total. The van der Waals surface area contributed by atoms with E-state index in [9.17, 15) is 18.0 Å². The lowest BCUT2D eigenvalue weighted by Gasteiger charge is -2.36. The molecule has 1 unspecified atom stereocenters. The number of ketones is 1. The van der Waals surface area contributed by atoms with E-state index in [1.807, 2.05) is 36.4 Å². The summed E-state index contributed by atoms with van der Waals surface area (Å²) in [7, 11) is 0. The molecule has 166 valence electrons. The van der Waals surface area contributed by atoms with Crippen LogP contribution in [-0.4, -0.2) is 36.1 Å². The minimum Gasteiger partial charge on any atom is -0.361 e. The first-order valence-corrected chi connectivity index (χ1v) is 10.8. The number of alkyl halides is 3. The molecule has 1 aliphatic heterocycles. The lowest BCUT2D eigenvalue weighted by molar-refractivity contribution is -0.167. The summed E-state index contributed by atoms with van der Waals surface area (Å²) in [5.74, 6) is -1.76. The number of hydrogen-bond donors (Lipinski definition) is 1. The van der Waals surface area contributed by atoms with Crippen molar-refractivity contribution in [3.63, 3.8) is 0 Å². The van der Waals surface area contributed by atoms with Crippen molar-refractivity contribution >= 4 is 29.0 Å². The van der Waals surface area contributed by atoms with E-state index in [1.165, 1.54) is 6.20 Å². The van der Waals surface area contributed by atoms with Gasteiger partial charge in [-0.05, 0) is 61.1 Å². The molecule has 3 nitrogen and oxygen atoms in total. The molecule has 0 fully saturated rings. The van der Waals surface area contributed by atoms with E-state index in [1.54, 1.807) is 17.0 Å². The lowest BCUT2D eigenvalue weighted by atomic mass is 10.00. The van der Waals surface area contributed by atoms with Crippen LogP contribution in [0, 0.1) is 0 Å². The Balaban J connectivity index is 1.66. The molecule has 0 aromatic heterocycles. The van der Waals surface area contributed by atoms with Crippen molar-refractivity contribution in [2.75, 3.05) is 13.1 Å². The summed E-state index contributed by atoms with van der Waals surface area (Å²) < 4.78 is 38.8. The van der Waals surface area contributed by atoms with Crippen LogP contribution in [0.1, 0.15) is 24.0 Å². The average Bonchev–Trinajstić information content (AvgIpc) is 2.74. The molecule has 8 heteroatoms. The minimum atomic E-state index is -4.86. The van der Waals surface area contributed by atoms with Crippen LogP contribution in [0.2, 0.25) is 10.0 Å². The van der Waals surface area contributed by atoms with Crippen molar-refractivity contribution in [1.82, 2.24) is 10.2 Å².